The maximum absolute atomic E-state index is 13.2. The summed E-state index contributed by atoms with van der Waals surface area (Å²) in [5.41, 5.74) is 2.10. The fraction of sp³-hybridized carbons (Fsp3) is 0.500. The highest BCUT2D eigenvalue weighted by molar-refractivity contribution is 5.77. The molecular weight excluding hydrogens is 217 g/mol. The van der Waals surface area contributed by atoms with Crippen LogP contribution in [0.2, 0.25) is 0 Å². The van der Waals surface area contributed by atoms with E-state index in [4.69, 9.17) is 0 Å². The van der Waals surface area contributed by atoms with Gasteiger partial charge in [0.2, 0.25) is 0 Å². The average Bonchev–Trinajstić information content (AvgIpc) is 2.53. The molecule has 0 N–H and O–H groups in total. The fourth-order valence-corrected chi connectivity index (χ4v) is 2.72. The molecule has 1 aliphatic heterocycles. The van der Waals surface area contributed by atoms with Gasteiger partial charge in [0.05, 0.1) is 0 Å². The lowest BCUT2D eigenvalue weighted by atomic mass is 10.1. The Morgan fingerprint density at radius 2 is 2.24 bits per heavy atom. The normalized spacial score (nSPS) is 18.6. The van der Waals surface area contributed by atoms with E-state index in [2.05, 4.69) is 18.7 Å². The lowest BCUT2D eigenvalue weighted by Gasteiger charge is -2.31. The Bertz CT molecular complexity index is 442. The summed E-state index contributed by atoms with van der Waals surface area (Å²) in [5.74, 6) is -0.00939. The summed E-state index contributed by atoms with van der Waals surface area (Å²) in [6.07, 6.45) is 1.30. The molecule has 0 amide bonds. The van der Waals surface area contributed by atoms with Crippen LogP contribution in [0.1, 0.15) is 32.8 Å². The molecule has 0 bridgehead atoms. The zero-order valence-electron chi connectivity index (χ0n) is 10.5. The highest BCUT2D eigenvalue weighted by atomic mass is 19.1. The molecule has 0 saturated carbocycles. The lowest BCUT2D eigenvalue weighted by molar-refractivity contribution is -0.117. The summed E-state index contributed by atoms with van der Waals surface area (Å²) in [4.78, 5) is 13.5. The van der Waals surface area contributed by atoms with Gasteiger partial charge < -0.3 is 4.90 Å². The third kappa shape index (κ3) is 2.33. The summed E-state index contributed by atoms with van der Waals surface area (Å²) in [6.45, 7) is 5.82. The molecule has 1 atom stereocenters. The molecule has 0 radical (unpaired) electrons. The monoisotopic (exact) mass is 235 g/mol. The van der Waals surface area contributed by atoms with Crippen LogP contribution in [0.15, 0.2) is 18.2 Å². The van der Waals surface area contributed by atoms with Gasteiger partial charge in [-0.2, -0.15) is 0 Å². The number of fused-ring (bicyclic) bond motifs is 1. The molecule has 92 valence electrons. The van der Waals surface area contributed by atoms with Crippen molar-refractivity contribution in [2.24, 2.45) is 0 Å². The van der Waals surface area contributed by atoms with Gasteiger partial charge in [0.25, 0.3) is 0 Å². The highest BCUT2D eigenvalue weighted by Gasteiger charge is 2.31. The minimum absolute atomic E-state index is 0.185. The highest BCUT2D eigenvalue weighted by Crippen LogP contribution is 2.35. The van der Waals surface area contributed by atoms with Crippen LogP contribution in [0.25, 0.3) is 0 Å². The third-order valence-corrected chi connectivity index (χ3v) is 3.25. The zero-order valence-corrected chi connectivity index (χ0v) is 10.5. The molecule has 1 heterocycles. The largest absolute Gasteiger partial charge is 0.365 e. The van der Waals surface area contributed by atoms with Gasteiger partial charge in [-0.15, -0.1) is 0 Å². The second-order valence-corrected chi connectivity index (χ2v) is 5.04. The summed E-state index contributed by atoms with van der Waals surface area (Å²) < 4.78 is 13.2. The predicted octanol–water partition coefficient (Wildman–Crippen LogP) is 2.94. The molecule has 0 fully saturated rings. The minimum Gasteiger partial charge on any atom is -0.365 e. The van der Waals surface area contributed by atoms with Crippen molar-refractivity contribution in [2.75, 3.05) is 4.90 Å². The predicted molar refractivity (Wildman–Crippen MR) is 66.8 cm³/mol. The Morgan fingerprint density at radius 1 is 1.53 bits per heavy atom. The molecule has 2 rings (SSSR count). The molecule has 1 unspecified atom stereocenters. The number of Topliss-reactive ketones (excluding diaryl/α,β-unsaturated/α-hetero) is 1. The minimum atomic E-state index is -0.198. The molecule has 1 aromatic rings. The molecule has 2 nitrogen and oxygen atoms in total. The number of carbonyl (C=O) groups excluding carboxylic acids is 1. The molecule has 17 heavy (non-hydrogen) atoms. The fourth-order valence-electron chi connectivity index (χ4n) is 2.72. The number of hydrogen-bond acceptors (Lipinski definition) is 2. The Balaban J connectivity index is 2.33. The Morgan fingerprint density at radius 3 is 2.82 bits per heavy atom. The summed E-state index contributed by atoms with van der Waals surface area (Å²) in [5, 5.41) is 0. The molecule has 1 aromatic carbocycles. The van der Waals surface area contributed by atoms with E-state index in [1.54, 1.807) is 13.0 Å². The third-order valence-electron chi connectivity index (χ3n) is 3.25. The van der Waals surface area contributed by atoms with Crippen molar-refractivity contribution in [1.29, 1.82) is 0 Å². The van der Waals surface area contributed by atoms with Gasteiger partial charge in [0.1, 0.15) is 11.6 Å². The van der Waals surface area contributed by atoms with Crippen molar-refractivity contribution in [1.82, 2.24) is 0 Å². The van der Waals surface area contributed by atoms with Gasteiger partial charge in [-0.3, -0.25) is 4.79 Å². The maximum Gasteiger partial charge on any atom is 0.131 e. The van der Waals surface area contributed by atoms with Crippen LogP contribution in [0.5, 0.6) is 0 Å². The van der Waals surface area contributed by atoms with E-state index in [1.807, 2.05) is 6.07 Å². The van der Waals surface area contributed by atoms with Crippen molar-refractivity contribution >= 4 is 11.5 Å². The first-order chi connectivity index (χ1) is 7.99. The van der Waals surface area contributed by atoms with Gasteiger partial charge in [-0.05, 0) is 51.0 Å². The average molecular weight is 235 g/mol. The van der Waals surface area contributed by atoms with Crippen LogP contribution >= 0.6 is 0 Å². The van der Waals surface area contributed by atoms with Crippen molar-refractivity contribution in [3.05, 3.63) is 29.6 Å². The number of carbonyl (C=O) groups is 1. The molecule has 0 spiro atoms. The zero-order chi connectivity index (χ0) is 12.6. The first-order valence-electron chi connectivity index (χ1n) is 6.05. The van der Waals surface area contributed by atoms with Gasteiger partial charge >= 0.3 is 0 Å². The first kappa shape index (κ1) is 12.1. The van der Waals surface area contributed by atoms with Crippen LogP contribution in [0.4, 0.5) is 10.1 Å². The summed E-state index contributed by atoms with van der Waals surface area (Å²) >= 11 is 0. The standard InChI is InChI=1S/C14H18FNO/c1-9(2)16-13(6-10(3)17)8-11-7-12(15)4-5-14(11)16/h4-5,7,9,13H,6,8H2,1-3H3. The second kappa shape index (κ2) is 4.47. The number of anilines is 1. The van der Waals surface area contributed by atoms with E-state index in [0.29, 0.717) is 12.5 Å². The van der Waals surface area contributed by atoms with E-state index in [1.165, 1.54) is 6.07 Å². The van der Waals surface area contributed by atoms with Crippen LogP contribution < -0.4 is 4.90 Å². The van der Waals surface area contributed by atoms with Gasteiger partial charge in [0, 0.05) is 24.2 Å². The van der Waals surface area contributed by atoms with Crippen LogP contribution in [0.3, 0.4) is 0 Å². The van der Waals surface area contributed by atoms with E-state index in [9.17, 15) is 9.18 Å². The van der Waals surface area contributed by atoms with Gasteiger partial charge in [0.15, 0.2) is 0 Å². The van der Waals surface area contributed by atoms with Crippen LogP contribution in [-0.2, 0) is 11.2 Å². The van der Waals surface area contributed by atoms with E-state index >= 15 is 0 Å². The van der Waals surface area contributed by atoms with Crippen molar-refractivity contribution in [3.8, 4) is 0 Å². The maximum atomic E-state index is 13.2. The van der Waals surface area contributed by atoms with Crippen LogP contribution in [0, 0.1) is 5.82 Å². The van der Waals surface area contributed by atoms with E-state index in [0.717, 1.165) is 17.7 Å². The lowest BCUT2D eigenvalue weighted by Crippen LogP contribution is -2.38. The topological polar surface area (TPSA) is 20.3 Å². The number of hydrogen-bond donors (Lipinski definition) is 0. The number of ketones is 1. The van der Waals surface area contributed by atoms with Gasteiger partial charge in [-0.1, -0.05) is 0 Å². The van der Waals surface area contributed by atoms with E-state index in [-0.39, 0.29) is 17.6 Å². The Kier molecular flexibility index (Phi) is 3.18. The molecule has 0 saturated heterocycles. The van der Waals surface area contributed by atoms with Crippen molar-refractivity contribution < 1.29 is 9.18 Å². The van der Waals surface area contributed by atoms with Gasteiger partial charge in [-0.25, -0.2) is 4.39 Å². The summed E-state index contributed by atoms with van der Waals surface area (Å²) in [6, 6.07) is 5.41. The number of halogens is 1. The number of benzene rings is 1. The Hall–Kier alpha value is -1.38. The summed E-state index contributed by atoms with van der Waals surface area (Å²) in [7, 11) is 0. The van der Waals surface area contributed by atoms with Crippen LogP contribution in [-0.4, -0.2) is 17.9 Å². The SMILES string of the molecule is CC(=O)CC1Cc2cc(F)ccc2N1C(C)C. The second-order valence-electron chi connectivity index (χ2n) is 5.04. The number of nitrogens with zero attached hydrogens (tertiary/aromatic N) is 1. The molecular formula is C14H18FNO. The molecule has 3 heteroatoms. The van der Waals surface area contributed by atoms with Crippen molar-refractivity contribution in [2.45, 2.75) is 45.7 Å². The van der Waals surface area contributed by atoms with E-state index < -0.39 is 0 Å². The first-order valence-corrected chi connectivity index (χ1v) is 6.05. The quantitative estimate of drug-likeness (QED) is 0.802. The molecule has 1 aliphatic rings. The smallest absolute Gasteiger partial charge is 0.131 e. The molecule has 0 aromatic heterocycles. The Labute approximate surface area is 101 Å². The molecule has 0 aliphatic carbocycles. The van der Waals surface area contributed by atoms with Crippen molar-refractivity contribution in [3.63, 3.8) is 0 Å². The number of rotatable bonds is 3.